The zero-order valence-electron chi connectivity index (χ0n) is 18.0. The van der Waals surface area contributed by atoms with Crippen molar-refractivity contribution in [1.82, 2.24) is 9.78 Å². The van der Waals surface area contributed by atoms with Crippen LogP contribution in [0.4, 0.5) is 16.3 Å². The molecule has 7 nitrogen and oxygen atoms in total. The van der Waals surface area contributed by atoms with Gasteiger partial charge in [-0.1, -0.05) is 51.1 Å². The summed E-state index contributed by atoms with van der Waals surface area (Å²) in [7, 11) is 0. The summed E-state index contributed by atoms with van der Waals surface area (Å²) in [6.07, 6.45) is 1.27. The first-order valence-electron chi connectivity index (χ1n) is 10.3. The average Bonchev–Trinajstić information content (AvgIpc) is 3.36. The maximum absolute atomic E-state index is 12.8. The van der Waals surface area contributed by atoms with Crippen molar-refractivity contribution < 1.29 is 14.3 Å². The molecule has 1 fully saturated rings. The highest BCUT2D eigenvalue weighted by molar-refractivity contribution is 6.05. The third-order valence-corrected chi connectivity index (χ3v) is 5.29. The number of benzene rings is 2. The first-order valence-corrected chi connectivity index (χ1v) is 10.3. The highest BCUT2D eigenvalue weighted by Gasteiger charge is 2.24. The first kappa shape index (κ1) is 20.7. The van der Waals surface area contributed by atoms with Crippen molar-refractivity contribution in [1.29, 1.82) is 0 Å². The number of carbonyl (C=O) groups is 2. The van der Waals surface area contributed by atoms with Crippen molar-refractivity contribution in [2.24, 2.45) is 0 Å². The lowest BCUT2D eigenvalue weighted by Gasteiger charge is -2.19. The van der Waals surface area contributed by atoms with E-state index in [1.165, 1.54) is 10.5 Å². The molecule has 1 saturated heterocycles. The molecule has 2 aromatic carbocycles. The fourth-order valence-electron chi connectivity index (χ4n) is 3.48. The number of nitrogens with one attached hydrogen (secondary N) is 1. The van der Waals surface area contributed by atoms with Gasteiger partial charge in [0.15, 0.2) is 0 Å². The molecule has 0 atom stereocenters. The van der Waals surface area contributed by atoms with Crippen molar-refractivity contribution in [3.63, 3.8) is 0 Å². The van der Waals surface area contributed by atoms with E-state index in [1.807, 2.05) is 0 Å². The van der Waals surface area contributed by atoms with Gasteiger partial charge in [-0.25, -0.2) is 9.48 Å². The largest absolute Gasteiger partial charge is 0.447 e. The van der Waals surface area contributed by atoms with E-state index in [9.17, 15) is 9.59 Å². The number of nitrogens with zero attached hydrogens (tertiary/aromatic N) is 3. The molecule has 1 N–H and O–H groups in total. The molecule has 0 aliphatic carbocycles. The number of cyclic esters (lactones) is 1. The lowest BCUT2D eigenvalue weighted by Crippen LogP contribution is -2.24. The van der Waals surface area contributed by atoms with Gasteiger partial charge in [-0.15, -0.1) is 0 Å². The number of aromatic nitrogens is 2. The van der Waals surface area contributed by atoms with Crippen LogP contribution in [-0.4, -0.2) is 34.9 Å². The Morgan fingerprint density at radius 1 is 1.13 bits per heavy atom. The van der Waals surface area contributed by atoms with Crippen molar-refractivity contribution in [3.05, 3.63) is 77.5 Å². The Bertz CT molecular complexity index is 1100. The smallest absolute Gasteiger partial charge is 0.414 e. The van der Waals surface area contributed by atoms with Gasteiger partial charge < -0.3 is 10.1 Å². The van der Waals surface area contributed by atoms with Gasteiger partial charge in [0.05, 0.1) is 19.3 Å². The van der Waals surface area contributed by atoms with Crippen molar-refractivity contribution in [2.75, 3.05) is 23.4 Å². The van der Waals surface area contributed by atoms with E-state index in [-0.39, 0.29) is 11.3 Å². The molecule has 3 aromatic rings. The Kier molecular flexibility index (Phi) is 5.50. The molecule has 160 valence electrons. The molecular weight excluding hydrogens is 392 g/mol. The molecule has 31 heavy (non-hydrogen) atoms. The highest BCUT2D eigenvalue weighted by Crippen LogP contribution is 2.23. The zero-order chi connectivity index (χ0) is 22.0. The van der Waals surface area contributed by atoms with Crippen molar-refractivity contribution >= 4 is 23.5 Å². The molecule has 1 aliphatic heterocycles. The molecule has 7 heteroatoms. The van der Waals surface area contributed by atoms with Gasteiger partial charge in [0.2, 0.25) is 0 Å². The summed E-state index contributed by atoms with van der Waals surface area (Å²) in [5.74, 6) is 0.343. The molecule has 2 amide bonds. The maximum atomic E-state index is 12.8. The van der Waals surface area contributed by atoms with Crippen molar-refractivity contribution in [2.45, 2.75) is 32.7 Å². The molecular formula is C24H26N4O3. The highest BCUT2D eigenvalue weighted by atomic mass is 16.6. The number of ether oxygens (including phenoxy) is 1. The number of carbonyl (C=O) groups excluding carboxylic acids is 2. The number of anilines is 2. The Morgan fingerprint density at radius 3 is 2.58 bits per heavy atom. The van der Waals surface area contributed by atoms with Gasteiger partial charge in [-0.05, 0) is 34.7 Å². The van der Waals surface area contributed by atoms with Crippen LogP contribution >= 0.6 is 0 Å². The molecule has 4 rings (SSSR count). The third kappa shape index (κ3) is 4.60. The Labute approximate surface area is 181 Å². The summed E-state index contributed by atoms with van der Waals surface area (Å²) < 4.78 is 6.73. The fraction of sp³-hybridized carbons (Fsp3) is 0.292. The monoisotopic (exact) mass is 418 g/mol. The van der Waals surface area contributed by atoms with Crippen LogP contribution in [0.5, 0.6) is 0 Å². The molecule has 0 spiro atoms. The van der Waals surface area contributed by atoms with E-state index in [0.29, 0.717) is 36.8 Å². The summed E-state index contributed by atoms with van der Waals surface area (Å²) in [6.45, 7) is 7.93. The van der Waals surface area contributed by atoms with Gasteiger partial charge in [-0.3, -0.25) is 9.69 Å². The third-order valence-electron chi connectivity index (χ3n) is 5.29. The molecule has 0 radical (unpaired) electrons. The van der Waals surface area contributed by atoms with Crippen LogP contribution in [0, 0.1) is 0 Å². The number of hydrogen-bond acceptors (Lipinski definition) is 4. The van der Waals surface area contributed by atoms with Gasteiger partial charge >= 0.3 is 6.09 Å². The minimum atomic E-state index is -0.395. The van der Waals surface area contributed by atoms with E-state index in [4.69, 9.17) is 4.74 Å². The van der Waals surface area contributed by atoms with Crippen LogP contribution in [0.25, 0.3) is 0 Å². The van der Waals surface area contributed by atoms with Gasteiger partial charge in [-0.2, -0.15) is 5.10 Å². The first-order chi connectivity index (χ1) is 14.8. The fourth-order valence-corrected chi connectivity index (χ4v) is 3.48. The summed E-state index contributed by atoms with van der Waals surface area (Å²) in [5, 5.41) is 7.27. The standard InChI is InChI=1S/C24H26N4O3/c1-24(2,3)19-9-7-17(8-10-19)16-28-21(11-12-25-28)26-22(29)18-5-4-6-20(15-18)27-13-14-31-23(27)30/h4-12,15H,13-14,16H2,1-3H3,(H,26,29). The van der Waals surface area contributed by atoms with E-state index in [1.54, 1.807) is 41.2 Å². The molecule has 0 saturated carbocycles. The average molecular weight is 418 g/mol. The molecule has 1 aromatic heterocycles. The minimum absolute atomic E-state index is 0.101. The Morgan fingerprint density at radius 2 is 1.90 bits per heavy atom. The minimum Gasteiger partial charge on any atom is -0.447 e. The van der Waals surface area contributed by atoms with E-state index in [0.717, 1.165) is 5.56 Å². The molecule has 0 bridgehead atoms. The molecule has 2 heterocycles. The summed E-state index contributed by atoms with van der Waals surface area (Å²) >= 11 is 0. The number of rotatable bonds is 5. The van der Waals surface area contributed by atoms with Crippen molar-refractivity contribution in [3.8, 4) is 0 Å². The topological polar surface area (TPSA) is 76.5 Å². The maximum Gasteiger partial charge on any atom is 0.414 e. The lowest BCUT2D eigenvalue weighted by atomic mass is 9.87. The molecule has 0 unspecified atom stereocenters. The summed E-state index contributed by atoms with van der Waals surface area (Å²) in [4.78, 5) is 26.1. The Hall–Kier alpha value is -3.61. The normalized spacial score (nSPS) is 13.9. The van der Waals surface area contributed by atoms with Crippen LogP contribution in [0.2, 0.25) is 0 Å². The van der Waals surface area contributed by atoms with E-state index >= 15 is 0 Å². The second-order valence-electron chi connectivity index (χ2n) is 8.59. The summed E-state index contributed by atoms with van der Waals surface area (Å²) in [5.41, 5.74) is 3.57. The van der Waals surface area contributed by atoms with Crippen LogP contribution in [-0.2, 0) is 16.7 Å². The van der Waals surface area contributed by atoms with E-state index < -0.39 is 6.09 Å². The SMILES string of the molecule is CC(C)(C)c1ccc(Cn2nccc2NC(=O)c2cccc(N3CCOC3=O)c2)cc1. The van der Waals surface area contributed by atoms with E-state index in [2.05, 4.69) is 55.5 Å². The van der Waals surface area contributed by atoms with Crippen LogP contribution in [0.1, 0.15) is 42.3 Å². The van der Waals surface area contributed by atoms with Gasteiger partial charge in [0.1, 0.15) is 12.4 Å². The van der Waals surface area contributed by atoms with Gasteiger partial charge in [0, 0.05) is 17.3 Å². The Balaban J connectivity index is 1.47. The second kappa shape index (κ2) is 8.26. The number of amides is 2. The van der Waals surface area contributed by atoms with Crippen LogP contribution in [0.15, 0.2) is 60.8 Å². The molecule has 1 aliphatic rings. The predicted molar refractivity (Wildman–Crippen MR) is 120 cm³/mol. The summed E-state index contributed by atoms with van der Waals surface area (Å²) in [6, 6.07) is 17.2. The number of hydrogen-bond donors (Lipinski definition) is 1. The predicted octanol–water partition coefficient (Wildman–Crippen LogP) is 4.44. The van der Waals surface area contributed by atoms with Crippen LogP contribution in [0.3, 0.4) is 0 Å². The lowest BCUT2D eigenvalue weighted by molar-refractivity contribution is 0.102. The quantitative estimate of drug-likeness (QED) is 0.665. The van der Waals surface area contributed by atoms with Gasteiger partial charge in [0.25, 0.3) is 5.91 Å². The zero-order valence-corrected chi connectivity index (χ0v) is 18.0. The second-order valence-corrected chi connectivity index (χ2v) is 8.59. The van der Waals surface area contributed by atoms with Crippen LogP contribution < -0.4 is 10.2 Å².